The lowest BCUT2D eigenvalue weighted by Crippen LogP contribution is -2.27. The zero-order valence-corrected chi connectivity index (χ0v) is 15.7. The summed E-state index contributed by atoms with van der Waals surface area (Å²) in [6, 6.07) is 13.2. The van der Waals surface area contributed by atoms with Gasteiger partial charge in [0.1, 0.15) is 0 Å². The van der Waals surface area contributed by atoms with Crippen LogP contribution in [0.2, 0.25) is 0 Å². The maximum absolute atomic E-state index is 6.00. The molecule has 0 radical (unpaired) electrons. The van der Waals surface area contributed by atoms with Crippen LogP contribution in [0.3, 0.4) is 0 Å². The number of rotatable bonds is 5. The molecule has 25 heavy (non-hydrogen) atoms. The quantitative estimate of drug-likeness (QED) is 0.686. The predicted octanol–water partition coefficient (Wildman–Crippen LogP) is 5.81. The van der Waals surface area contributed by atoms with E-state index in [0.717, 1.165) is 12.8 Å². The summed E-state index contributed by atoms with van der Waals surface area (Å²) in [5.74, 6) is 1.74. The summed E-state index contributed by atoms with van der Waals surface area (Å²) >= 11 is 0. The molecule has 1 fully saturated rings. The average Bonchev–Trinajstić information content (AvgIpc) is 2.63. The fourth-order valence-corrected chi connectivity index (χ4v) is 4.38. The lowest BCUT2D eigenvalue weighted by Gasteiger charge is -2.35. The Kier molecular flexibility index (Phi) is 5.44. The Balaban J connectivity index is 1.89. The van der Waals surface area contributed by atoms with Gasteiger partial charge in [0, 0.05) is 6.54 Å². The molecule has 0 spiro atoms. The Bertz CT molecular complexity index is 786. The molecule has 1 aliphatic carbocycles. The number of allylic oxidation sites excluding steroid dienone is 1. The monoisotopic (exact) mass is 333 g/mol. The zero-order chi connectivity index (χ0) is 18.0. The minimum Gasteiger partial charge on any atom is -0.327 e. The molecule has 1 aliphatic rings. The van der Waals surface area contributed by atoms with Gasteiger partial charge in [0.2, 0.25) is 0 Å². The zero-order valence-electron chi connectivity index (χ0n) is 15.7. The van der Waals surface area contributed by atoms with E-state index >= 15 is 0 Å². The number of hydrogen-bond donors (Lipinski definition) is 1. The fraction of sp³-hybridized carbons (Fsp3) is 0.417. The standard InChI is InChI=1S/C24H31N/c1-16-9-10-22(13-17(16)2)24(18(3)15-25)14-21-12-11-20-7-5-6-8-23(20)19(21)4/h5-8,11-12,16,22,24H,2-3,9-10,13-15,25H2,1,4H3. The normalized spacial score (nSPS) is 22.1. The molecule has 2 N–H and O–H groups in total. The van der Waals surface area contributed by atoms with Crippen LogP contribution in [0.15, 0.2) is 60.7 Å². The van der Waals surface area contributed by atoms with Crippen LogP contribution in [0, 0.1) is 24.7 Å². The third kappa shape index (κ3) is 3.72. The molecule has 0 aromatic heterocycles. The van der Waals surface area contributed by atoms with Crippen LogP contribution in [0.4, 0.5) is 0 Å². The van der Waals surface area contributed by atoms with Crippen LogP contribution in [0.1, 0.15) is 37.3 Å². The maximum Gasteiger partial charge on any atom is 0.0137 e. The first kappa shape index (κ1) is 17.9. The first-order valence-electron chi connectivity index (χ1n) is 9.54. The van der Waals surface area contributed by atoms with E-state index in [2.05, 4.69) is 63.4 Å². The lowest BCUT2D eigenvalue weighted by molar-refractivity contribution is 0.283. The molecule has 2 aromatic rings. The Hall–Kier alpha value is -1.86. The number of fused-ring (bicyclic) bond motifs is 1. The third-order valence-corrected chi connectivity index (χ3v) is 6.30. The highest BCUT2D eigenvalue weighted by molar-refractivity contribution is 5.86. The van der Waals surface area contributed by atoms with E-state index in [-0.39, 0.29) is 0 Å². The summed E-state index contributed by atoms with van der Waals surface area (Å²) in [6.45, 7) is 13.8. The van der Waals surface area contributed by atoms with Crippen LogP contribution in [0.25, 0.3) is 10.8 Å². The van der Waals surface area contributed by atoms with Gasteiger partial charge in [-0.25, -0.2) is 0 Å². The van der Waals surface area contributed by atoms with E-state index in [1.807, 2.05) is 0 Å². The van der Waals surface area contributed by atoms with Crippen molar-refractivity contribution in [3.05, 3.63) is 71.8 Å². The molecule has 3 atom stereocenters. The van der Waals surface area contributed by atoms with Gasteiger partial charge in [-0.3, -0.25) is 0 Å². The Morgan fingerprint density at radius 3 is 2.68 bits per heavy atom. The molecule has 2 aromatic carbocycles. The molecular weight excluding hydrogens is 302 g/mol. The average molecular weight is 334 g/mol. The molecule has 0 amide bonds. The van der Waals surface area contributed by atoms with Gasteiger partial charge in [-0.2, -0.15) is 0 Å². The second-order valence-corrected chi connectivity index (χ2v) is 7.84. The predicted molar refractivity (Wildman–Crippen MR) is 110 cm³/mol. The summed E-state index contributed by atoms with van der Waals surface area (Å²) in [7, 11) is 0. The molecule has 0 heterocycles. The topological polar surface area (TPSA) is 26.0 Å². The number of benzene rings is 2. The van der Waals surface area contributed by atoms with Gasteiger partial charge in [0.25, 0.3) is 0 Å². The van der Waals surface area contributed by atoms with Crippen molar-refractivity contribution in [2.24, 2.45) is 23.5 Å². The first-order chi connectivity index (χ1) is 12.0. The highest BCUT2D eigenvalue weighted by Crippen LogP contribution is 2.40. The van der Waals surface area contributed by atoms with Gasteiger partial charge in [0.15, 0.2) is 0 Å². The summed E-state index contributed by atoms with van der Waals surface area (Å²) in [5, 5.41) is 2.68. The fourth-order valence-electron chi connectivity index (χ4n) is 4.38. The second-order valence-electron chi connectivity index (χ2n) is 7.84. The highest BCUT2D eigenvalue weighted by Gasteiger charge is 2.29. The SMILES string of the molecule is C=C1CC(C(Cc2ccc3ccccc3c2C)C(=C)CN)CCC1C. The molecular formula is C24H31N. The maximum atomic E-state index is 6.00. The van der Waals surface area contributed by atoms with Gasteiger partial charge >= 0.3 is 0 Å². The molecule has 0 saturated heterocycles. The van der Waals surface area contributed by atoms with E-state index < -0.39 is 0 Å². The molecule has 3 unspecified atom stereocenters. The molecule has 1 saturated carbocycles. The Labute approximate surface area is 152 Å². The molecule has 0 aliphatic heterocycles. The van der Waals surface area contributed by atoms with Crippen molar-refractivity contribution >= 4 is 10.8 Å². The molecule has 1 heteroatoms. The molecule has 132 valence electrons. The Morgan fingerprint density at radius 2 is 1.96 bits per heavy atom. The van der Waals surface area contributed by atoms with E-state index in [4.69, 9.17) is 5.73 Å². The highest BCUT2D eigenvalue weighted by atomic mass is 14.5. The van der Waals surface area contributed by atoms with E-state index in [0.29, 0.717) is 24.3 Å². The molecule has 3 rings (SSSR count). The van der Waals surface area contributed by atoms with Crippen molar-refractivity contribution in [3.63, 3.8) is 0 Å². The molecule has 0 bridgehead atoms. The van der Waals surface area contributed by atoms with Crippen LogP contribution in [-0.2, 0) is 6.42 Å². The third-order valence-electron chi connectivity index (χ3n) is 6.30. The van der Waals surface area contributed by atoms with Crippen molar-refractivity contribution < 1.29 is 0 Å². The minimum absolute atomic E-state index is 0.453. The smallest absolute Gasteiger partial charge is 0.0137 e. The Morgan fingerprint density at radius 1 is 1.20 bits per heavy atom. The lowest BCUT2D eigenvalue weighted by atomic mass is 9.70. The van der Waals surface area contributed by atoms with Gasteiger partial charge in [-0.1, -0.05) is 67.6 Å². The van der Waals surface area contributed by atoms with Crippen LogP contribution < -0.4 is 5.73 Å². The van der Waals surface area contributed by atoms with E-state index in [1.54, 1.807) is 0 Å². The largest absolute Gasteiger partial charge is 0.327 e. The van der Waals surface area contributed by atoms with Crippen LogP contribution in [-0.4, -0.2) is 6.54 Å². The van der Waals surface area contributed by atoms with E-state index in [1.165, 1.54) is 45.9 Å². The van der Waals surface area contributed by atoms with Crippen LogP contribution >= 0.6 is 0 Å². The number of nitrogens with two attached hydrogens (primary N) is 1. The van der Waals surface area contributed by atoms with Crippen molar-refractivity contribution in [1.82, 2.24) is 0 Å². The van der Waals surface area contributed by atoms with Gasteiger partial charge in [-0.15, -0.1) is 0 Å². The minimum atomic E-state index is 0.453. The summed E-state index contributed by atoms with van der Waals surface area (Å²) in [4.78, 5) is 0. The summed E-state index contributed by atoms with van der Waals surface area (Å²) in [6.07, 6.45) is 4.67. The van der Waals surface area contributed by atoms with Crippen molar-refractivity contribution in [2.75, 3.05) is 6.54 Å². The molecule has 1 nitrogen and oxygen atoms in total. The summed E-state index contributed by atoms with van der Waals surface area (Å²) in [5.41, 5.74) is 11.4. The van der Waals surface area contributed by atoms with Gasteiger partial charge in [0.05, 0.1) is 0 Å². The van der Waals surface area contributed by atoms with Crippen LogP contribution in [0.5, 0.6) is 0 Å². The van der Waals surface area contributed by atoms with Gasteiger partial charge < -0.3 is 5.73 Å². The van der Waals surface area contributed by atoms with Crippen molar-refractivity contribution in [3.8, 4) is 0 Å². The second kappa shape index (κ2) is 7.58. The van der Waals surface area contributed by atoms with Gasteiger partial charge in [-0.05, 0) is 72.3 Å². The van der Waals surface area contributed by atoms with Crippen molar-refractivity contribution in [1.29, 1.82) is 0 Å². The first-order valence-corrected chi connectivity index (χ1v) is 9.54. The van der Waals surface area contributed by atoms with E-state index in [9.17, 15) is 0 Å². The number of hydrogen-bond acceptors (Lipinski definition) is 1. The summed E-state index contributed by atoms with van der Waals surface area (Å²) < 4.78 is 0. The van der Waals surface area contributed by atoms with Crippen molar-refractivity contribution in [2.45, 2.75) is 39.5 Å². The number of aryl methyl sites for hydroxylation is 1.